The molecule has 1 amide bonds. The van der Waals surface area contributed by atoms with Crippen LogP contribution < -0.4 is 19.5 Å². The first kappa shape index (κ1) is 24.4. The van der Waals surface area contributed by atoms with Crippen LogP contribution in [0.1, 0.15) is 16.2 Å². The maximum absolute atomic E-state index is 13.4. The summed E-state index contributed by atoms with van der Waals surface area (Å²) in [6, 6.07) is 13.5. The van der Waals surface area contributed by atoms with Gasteiger partial charge in [-0.3, -0.25) is 14.2 Å². The summed E-state index contributed by atoms with van der Waals surface area (Å²) in [7, 11) is -0.873. The summed E-state index contributed by atoms with van der Waals surface area (Å²) in [4.78, 5) is 17.0. The second kappa shape index (κ2) is 9.86. The van der Waals surface area contributed by atoms with Crippen molar-refractivity contribution >= 4 is 50.0 Å². The van der Waals surface area contributed by atoms with Crippen molar-refractivity contribution in [2.24, 2.45) is 7.05 Å². The van der Waals surface area contributed by atoms with Crippen molar-refractivity contribution in [3.8, 4) is 5.88 Å². The Balaban J connectivity index is 1.49. The van der Waals surface area contributed by atoms with Gasteiger partial charge in [0, 0.05) is 24.2 Å². The summed E-state index contributed by atoms with van der Waals surface area (Å²) in [5.41, 5.74) is 1.67. The number of pyridine rings is 1. The van der Waals surface area contributed by atoms with E-state index in [-0.39, 0.29) is 22.9 Å². The van der Waals surface area contributed by atoms with Crippen molar-refractivity contribution in [1.82, 2.24) is 19.5 Å². The topological polar surface area (TPSA) is 127 Å². The van der Waals surface area contributed by atoms with E-state index in [1.165, 1.54) is 36.1 Å². The Kier molecular flexibility index (Phi) is 6.87. The first-order chi connectivity index (χ1) is 16.6. The number of ether oxygens (including phenoxy) is 1. The van der Waals surface area contributed by atoms with E-state index in [9.17, 15) is 17.6 Å². The molecule has 4 aromatic rings. The van der Waals surface area contributed by atoms with E-state index < -0.39 is 21.9 Å². The fourth-order valence-electron chi connectivity index (χ4n) is 3.33. The van der Waals surface area contributed by atoms with Crippen LogP contribution in [0.3, 0.4) is 0 Å². The lowest BCUT2D eigenvalue weighted by Gasteiger charge is -2.10. The molecule has 0 atom stereocenters. The summed E-state index contributed by atoms with van der Waals surface area (Å²) >= 11 is 5.78. The molecule has 0 aliphatic rings. The predicted molar refractivity (Wildman–Crippen MR) is 130 cm³/mol. The van der Waals surface area contributed by atoms with Crippen molar-refractivity contribution in [3.63, 3.8) is 0 Å². The second-order valence-corrected chi connectivity index (χ2v) is 9.29. The standard InChI is InChI=1S/C22H20ClFN6O4S/c1-30-21(22(31)27-13-7-9-18(24)17(23)10-13)16-8-6-14(11-19(16)28-30)29-35(32,33)25-12-15-4-3-5-20(26-15)34-2/h3-11,25,29H,12H2,1-2H3,(H,27,31). The van der Waals surface area contributed by atoms with Gasteiger partial charge in [-0.25, -0.2) is 9.37 Å². The lowest BCUT2D eigenvalue weighted by atomic mass is 10.2. The fraction of sp³-hybridized carbons (Fsp3) is 0.136. The predicted octanol–water partition coefficient (Wildman–Crippen LogP) is 3.47. The van der Waals surface area contributed by atoms with E-state index in [0.717, 1.165) is 6.07 Å². The number of nitrogens with zero attached hydrogens (tertiary/aromatic N) is 3. The molecule has 4 rings (SSSR count). The Labute approximate surface area is 205 Å². The van der Waals surface area contributed by atoms with Gasteiger partial charge in [0.2, 0.25) is 5.88 Å². The van der Waals surface area contributed by atoms with Crippen LogP contribution in [0.15, 0.2) is 54.6 Å². The highest BCUT2D eigenvalue weighted by Crippen LogP contribution is 2.25. The highest BCUT2D eigenvalue weighted by molar-refractivity contribution is 7.90. The maximum atomic E-state index is 13.4. The first-order valence-electron chi connectivity index (χ1n) is 10.2. The largest absolute Gasteiger partial charge is 0.481 e. The van der Waals surface area contributed by atoms with Crippen LogP contribution in [0.2, 0.25) is 5.02 Å². The van der Waals surface area contributed by atoms with Gasteiger partial charge < -0.3 is 10.1 Å². The van der Waals surface area contributed by atoms with Crippen molar-refractivity contribution in [1.29, 1.82) is 0 Å². The van der Waals surface area contributed by atoms with Crippen LogP contribution in [-0.2, 0) is 23.8 Å². The summed E-state index contributed by atoms with van der Waals surface area (Å²) in [5.74, 6) is -0.712. The van der Waals surface area contributed by atoms with Gasteiger partial charge in [-0.15, -0.1) is 0 Å². The van der Waals surface area contributed by atoms with Crippen LogP contribution in [0.4, 0.5) is 15.8 Å². The molecule has 0 aliphatic heterocycles. The van der Waals surface area contributed by atoms with Gasteiger partial charge in [0.15, 0.2) is 0 Å². The monoisotopic (exact) mass is 518 g/mol. The van der Waals surface area contributed by atoms with Crippen LogP contribution >= 0.6 is 11.6 Å². The zero-order valence-electron chi connectivity index (χ0n) is 18.5. The molecule has 2 aromatic heterocycles. The SMILES string of the molecule is COc1cccc(CNS(=O)(=O)Nc2ccc3c(C(=O)Nc4ccc(F)c(Cl)c4)n(C)nc3c2)n1. The van der Waals surface area contributed by atoms with Crippen molar-refractivity contribution in [2.75, 3.05) is 17.1 Å². The number of hydrogen-bond donors (Lipinski definition) is 3. The molecule has 0 fully saturated rings. The Morgan fingerprint density at radius 2 is 1.91 bits per heavy atom. The highest BCUT2D eigenvalue weighted by atomic mass is 35.5. The average Bonchev–Trinajstić information content (AvgIpc) is 3.15. The molecular formula is C22H20ClFN6O4S. The van der Waals surface area contributed by atoms with E-state index in [4.69, 9.17) is 16.3 Å². The number of hydrogen-bond acceptors (Lipinski definition) is 6. The number of amides is 1. The minimum Gasteiger partial charge on any atom is -0.481 e. The number of nitrogens with one attached hydrogen (secondary N) is 3. The summed E-state index contributed by atoms with van der Waals surface area (Å²) in [5, 5.41) is 7.33. The molecule has 10 nitrogen and oxygen atoms in total. The van der Waals surface area contributed by atoms with E-state index in [0.29, 0.717) is 28.2 Å². The van der Waals surface area contributed by atoms with Gasteiger partial charge in [-0.05, 0) is 42.5 Å². The molecule has 35 heavy (non-hydrogen) atoms. The molecule has 0 bridgehead atoms. The van der Waals surface area contributed by atoms with Crippen molar-refractivity contribution < 1.29 is 22.3 Å². The van der Waals surface area contributed by atoms with E-state index in [1.807, 2.05) is 0 Å². The summed E-state index contributed by atoms with van der Waals surface area (Å²) in [6.07, 6.45) is 0. The minimum atomic E-state index is -3.93. The normalized spacial score (nSPS) is 11.4. The van der Waals surface area contributed by atoms with Crippen LogP contribution in [-0.4, -0.2) is 36.2 Å². The zero-order valence-corrected chi connectivity index (χ0v) is 20.1. The van der Waals surface area contributed by atoms with E-state index in [1.54, 1.807) is 31.3 Å². The number of fused-ring (bicyclic) bond motifs is 1. The third-order valence-electron chi connectivity index (χ3n) is 4.91. The van der Waals surface area contributed by atoms with Gasteiger partial charge >= 0.3 is 0 Å². The Bertz CT molecular complexity index is 1530. The number of rotatable bonds is 8. The van der Waals surface area contributed by atoms with Gasteiger partial charge in [-0.1, -0.05) is 17.7 Å². The van der Waals surface area contributed by atoms with Gasteiger partial charge in [-0.2, -0.15) is 18.2 Å². The van der Waals surface area contributed by atoms with Crippen LogP contribution in [0, 0.1) is 5.82 Å². The van der Waals surface area contributed by atoms with Crippen LogP contribution in [0.5, 0.6) is 5.88 Å². The number of aryl methyl sites for hydroxylation is 1. The van der Waals surface area contributed by atoms with Gasteiger partial charge in [0.25, 0.3) is 16.1 Å². The number of methoxy groups -OCH3 is 1. The molecular weight excluding hydrogens is 499 g/mol. The van der Waals surface area contributed by atoms with Crippen molar-refractivity contribution in [2.45, 2.75) is 6.54 Å². The number of carbonyl (C=O) groups is 1. The lowest BCUT2D eigenvalue weighted by molar-refractivity contribution is 0.101. The van der Waals surface area contributed by atoms with Crippen LogP contribution in [0.25, 0.3) is 10.9 Å². The Morgan fingerprint density at radius 1 is 1.14 bits per heavy atom. The molecule has 0 radical (unpaired) electrons. The maximum Gasteiger partial charge on any atom is 0.299 e. The number of halogens is 2. The molecule has 0 aliphatic carbocycles. The van der Waals surface area contributed by atoms with E-state index >= 15 is 0 Å². The molecule has 0 saturated carbocycles. The van der Waals surface area contributed by atoms with E-state index in [2.05, 4.69) is 24.8 Å². The highest BCUT2D eigenvalue weighted by Gasteiger charge is 2.19. The molecule has 13 heteroatoms. The second-order valence-electron chi connectivity index (χ2n) is 7.39. The average molecular weight is 519 g/mol. The third kappa shape index (κ3) is 5.67. The molecule has 0 unspecified atom stereocenters. The summed E-state index contributed by atoms with van der Waals surface area (Å²) < 4.78 is 49.6. The molecule has 2 heterocycles. The molecule has 2 aromatic carbocycles. The lowest BCUT2D eigenvalue weighted by Crippen LogP contribution is -2.30. The summed E-state index contributed by atoms with van der Waals surface area (Å²) in [6.45, 7) is -0.0455. The Morgan fingerprint density at radius 3 is 2.66 bits per heavy atom. The smallest absolute Gasteiger partial charge is 0.299 e. The fourth-order valence-corrected chi connectivity index (χ4v) is 4.36. The number of aromatic nitrogens is 3. The molecule has 0 spiro atoms. The minimum absolute atomic E-state index is 0.0455. The van der Waals surface area contributed by atoms with Gasteiger partial charge in [0.1, 0.15) is 11.5 Å². The zero-order chi connectivity index (χ0) is 25.2. The quantitative estimate of drug-likeness (QED) is 0.328. The number of benzene rings is 2. The first-order valence-corrected chi connectivity index (χ1v) is 12.0. The number of anilines is 2. The third-order valence-corrected chi connectivity index (χ3v) is 6.23. The van der Waals surface area contributed by atoms with Crippen molar-refractivity contribution in [3.05, 3.63) is 76.8 Å². The molecule has 0 saturated heterocycles. The molecule has 3 N–H and O–H groups in total. The number of carbonyl (C=O) groups excluding carboxylic acids is 1. The molecule has 182 valence electrons. The van der Waals surface area contributed by atoms with Gasteiger partial charge in [0.05, 0.1) is 35.6 Å². The Hall–Kier alpha value is -3.74.